The van der Waals surface area contributed by atoms with Gasteiger partial charge < -0.3 is 0 Å². The first-order valence-electron chi connectivity index (χ1n) is 4.29. The van der Waals surface area contributed by atoms with Crippen molar-refractivity contribution in [3.05, 3.63) is 11.8 Å². The lowest BCUT2D eigenvalue weighted by atomic mass is 10.1. The van der Waals surface area contributed by atoms with E-state index >= 15 is 0 Å². The lowest BCUT2D eigenvalue weighted by Crippen LogP contribution is -2.22. The first-order chi connectivity index (χ1) is 5.38. The average molecular weight is 152 g/mol. The molecule has 11 heavy (non-hydrogen) atoms. The van der Waals surface area contributed by atoms with Gasteiger partial charge in [0.05, 0.1) is 0 Å². The number of piperidine rings is 1. The number of hydrazone groups is 1. The molecule has 0 aromatic rings. The lowest BCUT2D eigenvalue weighted by Gasteiger charge is -2.26. The van der Waals surface area contributed by atoms with Gasteiger partial charge in [0.15, 0.2) is 0 Å². The third-order valence-corrected chi connectivity index (χ3v) is 1.97. The molecule has 2 heteroatoms. The highest BCUT2D eigenvalue weighted by Gasteiger charge is 2.11. The largest absolute Gasteiger partial charge is 0.270 e. The van der Waals surface area contributed by atoms with Crippen LogP contribution in [0.1, 0.15) is 33.1 Å². The van der Waals surface area contributed by atoms with Gasteiger partial charge in [-0.1, -0.05) is 6.08 Å². The molecule has 0 radical (unpaired) electrons. The summed E-state index contributed by atoms with van der Waals surface area (Å²) >= 11 is 0. The summed E-state index contributed by atoms with van der Waals surface area (Å²) in [5.41, 5.74) is 1.37. The second-order valence-corrected chi connectivity index (χ2v) is 2.73. The molecule has 1 saturated heterocycles. The van der Waals surface area contributed by atoms with Crippen molar-refractivity contribution in [2.75, 3.05) is 6.54 Å². The van der Waals surface area contributed by atoms with E-state index in [1.54, 1.807) is 0 Å². The quantitative estimate of drug-likeness (QED) is 0.527. The fourth-order valence-electron chi connectivity index (χ4n) is 1.40. The molecule has 1 aliphatic rings. The van der Waals surface area contributed by atoms with Crippen LogP contribution in [0, 0.1) is 0 Å². The standard InChI is InChI=1S/C9H16N2/c1-3-9-7-5-6-8-11(9)10-4-2/h3-4H,5-8H2,1-2H3/b9-3+,10-4+. The normalized spacial score (nSPS) is 23.5. The average Bonchev–Trinajstić information content (AvgIpc) is 2.06. The minimum atomic E-state index is 1.09. The van der Waals surface area contributed by atoms with E-state index in [0.29, 0.717) is 0 Å². The van der Waals surface area contributed by atoms with Gasteiger partial charge in [0.1, 0.15) is 0 Å². The van der Waals surface area contributed by atoms with Crippen molar-refractivity contribution >= 4 is 6.21 Å². The zero-order chi connectivity index (χ0) is 8.10. The molecule has 1 aliphatic heterocycles. The van der Waals surface area contributed by atoms with Gasteiger partial charge in [-0.25, -0.2) is 0 Å². The van der Waals surface area contributed by atoms with Crippen LogP contribution in [0.2, 0.25) is 0 Å². The van der Waals surface area contributed by atoms with Crippen molar-refractivity contribution in [2.24, 2.45) is 5.10 Å². The zero-order valence-electron chi connectivity index (χ0n) is 7.38. The predicted molar refractivity (Wildman–Crippen MR) is 48.5 cm³/mol. The van der Waals surface area contributed by atoms with Crippen LogP contribution < -0.4 is 0 Å². The summed E-state index contributed by atoms with van der Waals surface area (Å²) in [6.07, 6.45) is 7.79. The van der Waals surface area contributed by atoms with Gasteiger partial charge in [0.25, 0.3) is 0 Å². The fraction of sp³-hybridized carbons (Fsp3) is 0.667. The van der Waals surface area contributed by atoms with E-state index in [1.165, 1.54) is 25.0 Å². The van der Waals surface area contributed by atoms with Gasteiger partial charge in [-0.15, -0.1) is 0 Å². The Kier molecular flexibility index (Phi) is 3.14. The van der Waals surface area contributed by atoms with Crippen LogP contribution in [0.3, 0.4) is 0 Å². The Morgan fingerprint density at radius 1 is 1.36 bits per heavy atom. The van der Waals surface area contributed by atoms with Crippen molar-refractivity contribution in [3.63, 3.8) is 0 Å². The molecule has 2 nitrogen and oxygen atoms in total. The topological polar surface area (TPSA) is 15.6 Å². The number of allylic oxidation sites excluding steroid dienone is 2. The molecule has 0 unspecified atom stereocenters. The van der Waals surface area contributed by atoms with Crippen molar-refractivity contribution in [2.45, 2.75) is 33.1 Å². The van der Waals surface area contributed by atoms with E-state index in [4.69, 9.17) is 0 Å². The minimum Gasteiger partial charge on any atom is -0.270 e. The van der Waals surface area contributed by atoms with E-state index in [-0.39, 0.29) is 0 Å². The molecule has 0 aromatic heterocycles. The third kappa shape index (κ3) is 2.07. The summed E-state index contributed by atoms with van der Waals surface area (Å²) in [4.78, 5) is 0. The Morgan fingerprint density at radius 3 is 2.82 bits per heavy atom. The molecule has 0 atom stereocenters. The Hall–Kier alpha value is -0.790. The molecule has 1 rings (SSSR count). The second kappa shape index (κ2) is 4.16. The maximum Gasteiger partial charge on any atom is 0.0412 e. The number of hydrogen-bond acceptors (Lipinski definition) is 2. The van der Waals surface area contributed by atoms with Crippen LogP contribution in [0.25, 0.3) is 0 Å². The van der Waals surface area contributed by atoms with Gasteiger partial charge in [0, 0.05) is 18.5 Å². The van der Waals surface area contributed by atoms with E-state index in [9.17, 15) is 0 Å². The van der Waals surface area contributed by atoms with Gasteiger partial charge in [-0.3, -0.25) is 5.01 Å². The summed E-state index contributed by atoms with van der Waals surface area (Å²) in [6, 6.07) is 0. The molecule has 0 N–H and O–H groups in total. The molecule has 62 valence electrons. The Bertz CT molecular complexity index is 170. The Labute approximate surface area is 68.6 Å². The van der Waals surface area contributed by atoms with E-state index in [2.05, 4.69) is 23.1 Å². The van der Waals surface area contributed by atoms with Crippen LogP contribution in [-0.2, 0) is 0 Å². The maximum atomic E-state index is 4.28. The van der Waals surface area contributed by atoms with E-state index in [1.807, 2.05) is 13.1 Å². The van der Waals surface area contributed by atoms with Crippen molar-refractivity contribution in [1.82, 2.24) is 5.01 Å². The predicted octanol–water partition coefficient (Wildman–Crippen LogP) is 2.38. The van der Waals surface area contributed by atoms with Crippen molar-refractivity contribution in [3.8, 4) is 0 Å². The highest BCUT2D eigenvalue weighted by Crippen LogP contribution is 2.19. The first-order valence-corrected chi connectivity index (χ1v) is 4.29. The molecule has 0 bridgehead atoms. The fourth-order valence-corrected chi connectivity index (χ4v) is 1.40. The molecule has 0 aliphatic carbocycles. The van der Waals surface area contributed by atoms with Crippen LogP contribution in [0.5, 0.6) is 0 Å². The number of hydrogen-bond donors (Lipinski definition) is 0. The first kappa shape index (κ1) is 8.31. The SMILES string of the molecule is C/C=N/N1CCCC/C1=C\C. The summed E-state index contributed by atoms with van der Waals surface area (Å²) in [5, 5.41) is 6.38. The van der Waals surface area contributed by atoms with Gasteiger partial charge in [0.2, 0.25) is 0 Å². The molecule has 0 aromatic carbocycles. The smallest absolute Gasteiger partial charge is 0.0412 e. The molecular formula is C9H16N2. The van der Waals surface area contributed by atoms with E-state index in [0.717, 1.165) is 6.54 Å². The molecular weight excluding hydrogens is 136 g/mol. The Morgan fingerprint density at radius 2 is 2.18 bits per heavy atom. The van der Waals surface area contributed by atoms with Crippen molar-refractivity contribution < 1.29 is 0 Å². The molecule has 0 amide bonds. The number of nitrogens with zero attached hydrogens (tertiary/aromatic N) is 2. The third-order valence-electron chi connectivity index (χ3n) is 1.97. The molecule has 0 saturated carbocycles. The van der Waals surface area contributed by atoms with Gasteiger partial charge in [-0.2, -0.15) is 5.10 Å². The summed E-state index contributed by atoms with van der Waals surface area (Å²) in [5.74, 6) is 0. The van der Waals surface area contributed by atoms with Gasteiger partial charge in [-0.05, 0) is 33.1 Å². The second-order valence-electron chi connectivity index (χ2n) is 2.73. The molecule has 0 spiro atoms. The van der Waals surface area contributed by atoms with Crippen LogP contribution in [0.15, 0.2) is 16.9 Å². The molecule has 1 heterocycles. The summed E-state index contributed by atoms with van der Waals surface area (Å²) < 4.78 is 0. The van der Waals surface area contributed by atoms with Crippen LogP contribution in [0.4, 0.5) is 0 Å². The van der Waals surface area contributed by atoms with Crippen LogP contribution >= 0.6 is 0 Å². The zero-order valence-corrected chi connectivity index (χ0v) is 7.38. The highest BCUT2D eigenvalue weighted by atomic mass is 15.5. The summed E-state index contributed by atoms with van der Waals surface area (Å²) in [7, 11) is 0. The lowest BCUT2D eigenvalue weighted by molar-refractivity contribution is 0.304. The summed E-state index contributed by atoms with van der Waals surface area (Å²) in [6.45, 7) is 5.13. The number of rotatable bonds is 1. The Balaban J connectivity index is 2.59. The highest BCUT2D eigenvalue weighted by molar-refractivity contribution is 5.52. The minimum absolute atomic E-state index is 1.09. The van der Waals surface area contributed by atoms with Crippen LogP contribution in [-0.4, -0.2) is 17.8 Å². The maximum absolute atomic E-state index is 4.28. The monoisotopic (exact) mass is 152 g/mol. The van der Waals surface area contributed by atoms with E-state index < -0.39 is 0 Å². The van der Waals surface area contributed by atoms with Crippen molar-refractivity contribution in [1.29, 1.82) is 0 Å². The molecule has 1 fully saturated rings. The van der Waals surface area contributed by atoms with Gasteiger partial charge >= 0.3 is 0 Å².